The molecule has 3 N–H and O–H groups in total. The molecule has 0 aliphatic heterocycles. The van der Waals surface area contributed by atoms with Crippen molar-refractivity contribution in [2.24, 2.45) is 10.9 Å². The van der Waals surface area contributed by atoms with E-state index in [-0.39, 0.29) is 0 Å². The lowest BCUT2D eigenvalue weighted by Gasteiger charge is -2.08. The summed E-state index contributed by atoms with van der Waals surface area (Å²) in [6, 6.07) is -0.208. The Morgan fingerprint density at radius 3 is 2.57 bits per heavy atom. The number of carbonyl (C=O) groups excluding carboxylic acids is 2. The van der Waals surface area contributed by atoms with Crippen LogP contribution in [0.25, 0.3) is 0 Å². The standard InChI is InChI=1S/C7H10N4O3/c1-4(10-7(9)13)6(12)5(3-8)11-14-2/h4H,1-2H3,(H3,9,10,13). The summed E-state index contributed by atoms with van der Waals surface area (Å²) >= 11 is 0. The largest absolute Gasteiger partial charge is 0.398 e. The molecular formula is C7H10N4O3. The van der Waals surface area contributed by atoms with Gasteiger partial charge in [0.25, 0.3) is 0 Å². The summed E-state index contributed by atoms with van der Waals surface area (Å²) in [5.41, 5.74) is 4.37. The Kier molecular flexibility index (Phi) is 4.70. The summed E-state index contributed by atoms with van der Waals surface area (Å²) in [7, 11) is 1.21. The number of hydrogen-bond acceptors (Lipinski definition) is 5. The van der Waals surface area contributed by atoms with Gasteiger partial charge in [0.05, 0.1) is 6.04 Å². The van der Waals surface area contributed by atoms with Crippen LogP contribution in [0, 0.1) is 11.3 Å². The summed E-state index contributed by atoms with van der Waals surface area (Å²) in [4.78, 5) is 26.0. The molecule has 0 bridgehead atoms. The van der Waals surface area contributed by atoms with Crippen molar-refractivity contribution < 1.29 is 14.4 Å². The van der Waals surface area contributed by atoms with Crippen LogP contribution >= 0.6 is 0 Å². The SMILES string of the molecule is CON=C(C#N)C(=O)C(C)NC(N)=O. The molecule has 0 aromatic heterocycles. The smallest absolute Gasteiger partial charge is 0.312 e. The van der Waals surface area contributed by atoms with Crippen LogP contribution in [0.15, 0.2) is 5.16 Å². The molecule has 0 radical (unpaired) electrons. The van der Waals surface area contributed by atoms with E-state index in [0.717, 1.165) is 0 Å². The zero-order chi connectivity index (χ0) is 11.1. The summed E-state index contributed by atoms with van der Waals surface area (Å²) < 4.78 is 0. The van der Waals surface area contributed by atoms with E-state index in [0.29, 0.717) is 0 Å². The molecule has 0 rings (SSSR count). The van der Waals surface area contributed by atoms with Gasteiger partial charge in [-0.25, -0.2) is 4.79 Å². The quantitative estimate of drug-likeness (QED) is 0.451. The van der Waals surface area contributed by atoms with Crippen molar-refractivity contribution in [3.63, 3.8) is 0 Å². The number of ketones is 1. The lowest BCUT2D eigenvalue weighted by molar-refractivity contribution is -0.114. The van der Waals surface area contributed by atoms with Crippen molar-refractivity contribution in [2.75, 3.05) is 7.11 Å². The van der Waals surface area contributed by atoms with Crippen LogP contribution in [0.5, 0.6) is 0 Å². The molecule has 0 aromatic rings. The maximum absolute atomic E-state index is 11.3. The minimum atomic E-state index is -0.902. The molecule has 0 saturated carbocycles. The van der Waals surface area contributed by atoms with E-state index in [4.69, 9.17) is 11.0 Å². The molecule has 14 heavy (non-hydrogen) atoms. The number of Topliss-reactive ketones (excluding diaryl/α,β-unsaturated/α-hetero) is 1. The van der Waals surface area contributed by atoms with Crippen LogP contribution in [-0.2, 0) is 9.63 Å². The number of hydrogen-bond donors (Lipinski definition) is 2. The summed E-state index contributed by atoms with van der Waals surface area (Å²) in [6.07, 6.45) is 0. The first-order valence-electron chi connectivity index (χ1n) is 3.64. The Bertz CT molecular complexity index is 305. The van der Waals surface area contributed by atoms with Crippen LogP contribution in [-0.4, -0.2) is 30.7 Å². The Labute approximate surface area is 80.5 Å². The van der Waals surface area contributed by atoms with E-state index in [1.54, 1.807) is 6.07 Å². The van der Waals surface area contributed by atoms with Crippen molar-refractivity contribution in [1.29, 1.82) is 5.26 Å². The third kappa shape index (κ3) is 3.53. The molecule has 76 valence electrons. The number of nitriles is 1. The first-order valence-corrected chi connectivity index (χ1v) is 3.64. The molecule has 0 heterocycles. The van der Waals surface area contributed by atoms with Gasteiger partial charge in [0.15, 0.2) is 0 Å². The molecule has 0 aliphatic rings. The highest BCUT2D eigenvalue weighted by atomic mass is 16.6. The molecule has 7 heteroatoms. The molecule has 7 nitrogen and oxygen atoms in total. The van der Waals surface area contributed by atoms with Crippen LogP contribution in [0.3, 0.4) is 0 Å². The predicted molar refractivity (Wildman–Crippen MR) is 47.2 cm³/mol. The topological polar surface area (TPSA) is 118 Å². The summed E-state index contributed by atoms with van der Waals surface area (Å²) in [5.74, 6) is -0.659. The van der Waals surface area contributed by atoms with Gasteiger partial charge in [-0.15, -0.1) is 0 Å². The number of amides is 2. The second-order valence-corrected chi connectivity index (χ2v) is 2.33. The fourth-order valence-corrected chi connectivity index (χ4v) is 0.696. The van der Waals surface area contributed by atoms with Crippen LogP contribution in [0.4, 0.5) is 4.79 Å². The zero-order valence-corrected chi connectivity index (χ0v) is 7.77. The molecule has 0 saturated heterocycles. The van der Waals surface area contributed by atoms with Crippen molar-refractivity contribution in [3.8, 4) is 6.07 Å². The Morgan fingerprint density at radius 2 is 2.21 bits per heavy atom. The maximum Gasteiger partial charge on any atom is 0.312 e. The molecule has 2 amide bonds. The Balaban J connectivity index is 4.53. The monoisotopic (exact) mass is 198 g/mol. The van der Waals surface area contributed by atoms with Gasteiger partial charge >= 0.3 is 6.03 Å². The van der Waals surface area contributed by atoms with Crippen LogP contribution < -0.4 is 11.1 Å². The third-order valence-electron chi connectivity index (χ3n) is 1.27. The zero-order valence-electron chi connectivity index (χ0n) is 7.77. The van der Waals surface area contributed by atoms with Gasteiger partial charge in [-0.1, -0.05) is 5.16 Å². The van der Waals surface area contributed by atoms with Crippen molar-refractivity contribution >= 4 is 17.5 Å². The van der Waals surface area contributed by atoms with E-state index >= 15 is 0 Å². The lowest BCUT2D eigenvalue weighted by atomic mass is 10.1. The van der Waals surface area contributed by atoms with Gasteiger partial charge in [-0.3, -0.25) is 4.79 Å². The first kappa shape index (κ1) is 11.9. The number of oxime groups is 1. The molecule has 0 aliphatic carbocycles. The van der Waals surface area contributed by atoms with Gasteiger partial charge < -0.3 is 15.9 Å². The number of rotatable bonds is 4. The first-order chi connectivity index (χ1) is 6.52. The van der Waals surface area contributed by atoms with Gasteiger partial charge in [0.1, 0.15) is 13.2 Å². The number of carbonyl (C=O) groups is 2. The highest BCUT2D eigenvalue weighted by Gasteiger charge is 2.20. The molecule has 1 atom stereocenters. The van der Waals surface area contributed by atoms with E-state index in [2.05, 4.69) is 15.3 Å². The average Bonchev–Trinajstić information content (AvgIpc) is 2.12. The van der Waals surface area contributed by atoms with Crippen LogP contribution in [0.2, 0.25) is 0 Å². The highest BCUT2D eigenvalue weighted by molar-refractivity contribution is 6.47. The van der Waals surface area contributed by atoms with Gasteiger partial charge in [-0.2, -0.15) is 5.26 Å². The minimum absolute atomic E-state index is 0.422. The van der Waals surface area contributed by atoms with Crippen molar-refractivity contribution in [3.05, 3.63) is 0 Å². The molecule has 0 spiro atoms. The third-order valence-corrected chi connectivity index (χ3v) is 1.27. The predicted octanol–water partition coefficient (Wildman–Crippen LogP) is -0.862. The van der Waals surface area contributed by atoms with Crippen molar-refractivity contribution in [1.82, 2.24) is 5.32 Å². The Morgan fingerprint density at radius 1 is 1.64 bits per heavy atom. The number of nitrogens with zero attached hydrogens (tertiary/aromatic N) is 2. The number of primary amides is 1. The lowest BCUT2D eigenvalue weighted by Crippen LogP contribution is -2.44. The normalized spacial score (nSPS) is 12.5. The minimum Gasteiger partial charge on any atom is -0.398 e. The summed E-state index contributed by atoms with van der Waals surface area (Å²) in [5, 5.41) is 13.8. The molecule has 0 aromatic carbocycles. The van der Waals surface area contributed by atoms with E-state index in [1.807, 2.05) is 0 Å². The van der Waals surface area contributed by atoms with Gasteiger partial charge in [0.2, 0.25) is 11.5 Å². The molecular weight excluding hydrogens is 188 g/mol. The second-order valence-electron chi connectivity index (χ2n) is 2.33. The van der Waals surface area contributed by atoms with E-state index < -0.39 is 23.6 Å². The summed E-state index contributed by atoms with van der Waals surface area (Å²) in [6.45, 7) is 1.38. The number of urea groups is 1. The Hall–Kier alpha value is -2.10. The van der Waals surface area contributed by atoms with Gasteiger partial charge in [0, 0.05) is 0 Å². The van der Waals surface area contributed by atoms with Gasteiger partial charge in [-0.05, 0) is 6.92 Å². The average molecular weight is 198 g/mol. The maximum atomic E-state index is 11.3. The molecule has 1 unspecified atom stereocenters. The fourth-order valence-electron chi connectivity index (χ4n) is 0.696. The molecule has 0 fully saturated rings. The van der Waals surface area contributed by atoms with E-state index in [9.17, 15) is 9.59 Å². The second kappa shape index (κ2) is 5.53. The fraction of sp³-hybridized carbons (Fsp3) is 0.429. The number of nitrogens with two attached hydrogens (primary N) is 1. The van der Waals surface area contributed by atoms with Crippen molar-refractivity contribution in [2.45, 2.75) is 13.0 Å². The van der Waals surface area contributed by atoms with Crippen LogP contribution in [0.1, 0.15) is 6.92 Å². The van der Waals surface area contributed by atoms with E-state index in [1.165, 1.54) is 14.0 Å². The highest BCUT2D eigenvalue weighted by Crippen LogP contribution is 1.89. The number of nitrogens with one attached hydrogen (secondary N) is 1.